The summed E-state index contributed by atoms with van der Waals surface area (Å²) in [5.74, 6) is 2.24. The second-order valence-electron chi connectivity index (χ2n) is 6.26. The van der Waals surface area contributed by atoms with Gasteiger partial charge >= 0.3 is 0 Å². The molecule has 1 aliphatic rings. The molecule has 0 amide bonds. The highest BCUT2D eigenvalue weighted by Gasteiger charge is 2.25. The monoisotopic (exact) mass is 341 g/mol. The first-order chi connectivity index (χ1) is 12.2. The van der Waals surface area contributed by atoms with Crippen molar-refractivity contribution in [3.05, 3.63) is 30.6 Å². The Balaban J connectivity index is 1.89. The summed E-state index contributed by atoms with van der Waals surface area (Å²) in [6.45, 7) is 5.79. The fraction of sp³-hybridized carbons (Fsp3) is 0.474. The van der Waals surface area contributed by atoms with E-state index in [0.29, 0.717) is 24.2 Å². The van der Waals surface area contributed by atoms with Gasteiger partial charge in [0.1, 0.15) is 17.8 Å². The van der Waals surface area contributed by atoms with Crippen LogP contribution >= 0.6 is 0 Å². The molecule has 6 heteroatoms. The van der Waals surface area contributed by atoms with Gasteiger partial charge in [-0.25, -0.2) is 9.97 Å². The summed E-state index contributed by atoms with van der Waals surface area (Å²) in [6, 6.07) is 8.30. The van der Waals surface area contributed by atoms with E-state index in [4.69, 9.17) is 10.5 Å². The quantitative estimate of drug-likeness (QED) is 0.828. The summed E-state index contributed by atoms with van der Waals surface area (Å²) in [4.78, 5) is 11.2. The van der Waals surface area contributed by atoms with Gasteiger partial charge in [0.25, 0.3) is 0 Å². The van der Waals surface area contributed by atoms with Gasteiger partial charge in [-0.3, -0.25) is 0 Å². The van der Waals surface area contributed by atoms with Crippen molar-refractivity contribution in [3.63, 3.8) is 0 Å². The maximum atomic E-state index is 6.43. The lowest BCUT2D eigenvalue weighted by Gasteiger charge is -2.36. The number of aromatic nitrogens is 2. The summed E-state index contributed by atoms with van der Waals surface area (Å²) < 4.78 is 5.67. The second kappa shape index (κ2) is 8.05. The van der Waals surface area contributed by atoms with Gasteiger partial charge in [-0.2, -0.15) is 0 Å². The van der Waals surface area contributed by atoms with E-state index in [9.17, 15) is 0 Å². The molecule has 6 nitrogen and oxygen atoms in total. The number of piperidine rings is 1. The number of nitrogen functional groups attached to an aromatic ring is 1. The van der Waals surface area contributed by atoms with Crippen LogP contribution in [0.25, 0.3) is 0 Å². The van der Waals surface area contributed by atoms with Crippen LogP contribution < -0.4 is 20.7 Å². The maximum absolute atomic E-state index is 6.43. The molecular weight excluding hydrogens is 314 g/mol. The van der Waals surface area contributed by atoms with Crippen LogP contribution in [0.2, 0.25) is 0 Å². The number of hydrogen-bond acceptors (Lipinski definition) is 6. The number of anilines is 4. The van der Waals surface area contributed by atoms with E-state index in [1.54, 1.807) is 6.33 Å². The molecule has 1 aromatic heterocycles. The van der Waals surface area contributed by atoms with E-state index in [1.807, 2.05) is 31.2 Å². The van der Waals surface area contributed by atoms with Crippen LogP contribution in [-0.2, 0) is 0 Å². The predicted octanol–water partition coefficient (Wildman–Crippen LogP) is 3.97. The molecule has 1 fully saturated rings. The van der Waals surface area contributed by atoms with Crippen LogP contribution in [0.4, 0.5) is 23.0 Å². The molecule has 2 aromatic rings. The minimum atomic E-state index is 0.495. The van der Waals surface area contributed by atoms with Gasteiger partial charge in [0, 0.05) is 12.6 Å². The largest absolute Gasteiger partial charge is 0.492 e. The molecule has 25 heavy (non-hydrogen) atoms. The standard InChI is InChI=1S/C19H27N5O/c1-3-14-9-7-8-12-24(14)19-17(20)18(21-13-22-19)23-15-10-5-6-11-16(15)25-4-2/h5-6,10-11,13-14H,3-4,7-9,12,20H2,1-2H3,(H,21,22,23). The first kappa shape index (κ1) is 17.3. The molecule has 0 aliphatic carbocycles. The molecule has 1 aromatic carbocycles. The van der Waals surface area contributed by atoms with Crippen molar-refractivity contribution in [2.45, 2.75) is 45.6 Å². The van der Waals surface area contributed by atoms with Crippen molar-refractivity contribution in [1.29, 1.82) is 0 Å². The van der Waals surface area contributed by atoms with Crippen molar-refractivity contribution in [1.82, 2.24) is 9.97 Å². The van der Waals surface area contributed by atoms with Gasteiger partial charge in [-0.1, -0.05) is 19.1 Å². The third-order valence-electron chi connectivity index (χ3n) is 4.67. The van der Waals surface area contributed by atoms with Crippen molar-refractivity contribution in [2.24, 2.45) is 0 Å². The van der Waals surface area contributed by atoms with Crippen molar-refractivity contribution < 1.29 is 4.74 Å². The maximum Gasteiger partial charge on any atom is 0.159 e. The molecule has 0 bridgehead atoms. The zero-order chi connectivity index (χ0) is 17.6. The van der Waals surface area contributed by atoms with E-state index in [0.717, 1.165) is 30.2 Å². The van der Waals surface area contributed by atoms with E-state index < -0.39 is 0 Å². The lowest BCUT2D eigenvalue weighted by molar-refractivity contribution is 0.342. The Hall–Kier alpha value is -2.50. The normalized spacial score (nSPS) is 17.4. The fourth-order valence-corrected chi connectivity index (χ4v) is 3.40. The van der Waals surface area contributed by atoms with Crippen LogP contribution in [0, 0.1) is 0 Å². The Bertz CT molecular complexity index is 706. The molecule has 0 saturated carbocycles. The first-order valence-electron chi connectivity index (χ1n) is 9.10. The van der Waals surface area contributed by atoms with Gasteiger partial charge in [0.05, 0.1) is 12.3 Å². The molecular formula is C19H27N5O. The van der Waals surface area contributed by atoms with E-state index in [-0.39, 0.29) is 0 Å². The number of ether oxygens (including phenoxy) is 1. The smallest absolute Gasteiger partial charge is 0.159 e. The number of hydrogen-bond donors (Lipinski definition) is 2. The molecule has 3 N–H and O–H groups in total. The molecule has 1 saturated heterocycles. The number of nitrogens with zero attached hydrogens (tertiary/aromatic N) is 3. The molecule has 2 heterocycles. The summed E-state index contributed by atoms with van der Waals surface area (Å²) in [5, 5.41) is 3.31. The highest BCUT2D eigenvalue weighted by Crippen LogP contribution is 2.35. The Kier molecular flexibility index (Phi) is 5.58. The van der Waals surface area contributed by atoms with Gasteiger partial charge in [-0.15, -0.1) is 0 Å². The lowest BCUT2D eigenvalue weighted by Crippen LogP contribution is -2.40. The van der Waals surface area contributed by atoms with Crippen molar-refractivity contribution in [3.8, 4) is 5.75 Å². The van der Waals surface area contributed by atoms with Gasteiger partial charge < -0.3 is 20.7 Å². The number of para-hydroxylation sites is 2. The van der Waals surface area contributed by atoms with Crippen LogP contribution in [0.3, 0.4) is 0 Å². The second-order valence-corrected chi connectivity index (χ2v) is 6.26. The summed E-state index contributed by atoms with van der Waals surface area (Å²) >= 11 is 0. The Morgan fingerprint density at radius 1 is 1.24 bits per heavy atom. The van der Waals surface area contributed by atoms with Crippen LogP contribution in [0.15, 0.2) is 30.6 Å². The van der Waals surface area contributed by atoms with Crippen LogP contribution in [0.5, 0.6) is 5.75 Å². The number of benzene rings is 1. The third kappa shape index (κ3) is 3.78. The molecule has 0 radical (unpaired) electrons. The van der Waals surface area contributed by atoms with Crippen molar-refractivity contribution >= 4 is 23.0 Å². The van der Waals surface area contributed by atoms with Gasteiger partial charge in [-0.05, 0) is 44.7 Å². The van der Waals surface area contributed by atoms with Gasteiger partial charge in [0.15, 0.2) is 11.6 Å². The molecule has 1 unspecified atom stereocenters. The molecule has 0 spiro atoms. The zero-order valence-corrected chi connectivity index (χ0v) is 15.0. The Labute approximate surface area is 149 Å². The average molecular weight is 341 g/mol. The SMILES string of the molecule is CCOc1ccccc1Nc1ncnc(N2CCCCC2CC)c1N. The van der Waals surface area contributed by atoms with Crippen LogP contribution in [-0.4, -0.2) is 29.2 Å². The minimum absolute atomic E-state index is 0.495. The van der Waals surface area contributed by atoms with Gasteiger partial charge in [0.2, 0.25) is 0 Å². The highest BCUT2D eigenvalue weighted by molar-refractivity contribution is 5.79. The first-order valence-corrected chi connectivity index (χ1v) is 9.10. The number of nitrogens with two attached hydrogens (primary N) is 1. The summed E-state index contributed by atoms with van der Waals surface area (Å²) in [7, 11) is 0. The molecule has 3 rings (SSSR count). The molecule has 134 valence electrons. The zero-order valence-electron chi connectivity index (χ0n) is 15.0. The van der Waals surface area contributed by atoms with Crippen LogP contribution in [0.1, 0.15) is 39.5 Å². The summed E-state index contributed by atoms with van der Waals surface area (Å²) in [5.41, 5.74) is 7.88. The fourth-order valence-electron chi connectivity index (χ4n) is 3.40. The summed E-state index contributed by atoms with van der Waals surface area (Å²) in [6.07, 6.45) is 6.32. The minimum Gasteiger partial charge on any atom is -0.492 e. The predicted molar refractivity (Wildman–Crippen MR) is 103 cm³/mol. The Morgan fingerprint density at radius 2 is 2.08 bits per heavy atom. The lowest BCUT2D eigenvalue weighted by atomic mass is 10.00. The number of nitrogens with one attached hydrogen (secondary N) is 1. The molecule has 1 atom stereocenters. The highest BCUT2D eigenvalue weighted by atomic mass is 16.5. The Morgan fingerprint density at radius 3 is 2.88 bits per heavy atom. The topological polar surface area (TPSA) is 76.3 Å². The van der Waals surface area contributed by atoms with E-state index in [1.165, 1.54) is 19.3 Å². The van der Waals surface area contributed by atoms with Crippen molar-refractivity contribution in [2.75, 3.05) is 29.1 Å². The number of rotatable bonds is 6. The van der Waals surface area contributed by atoms with E-state index in [2.05, 4.69) is 27.1 Å². The molecule has 1 aliphatic heterocycles. The van der Waals surface area contributed by atoms with E-state index >= 15 is 0 Å². The average Bonchev–Trinajstić information content (AvgIpc) is 2.65. The third-order valence-corrected chi connectivity index (χ3v) is 4.67.